The van der Waals surface area contributed by atoms with Gasteiger partial charge in [0.25, 0.3) is 0 Å². The van der Waals surface area contributed by atoms with Crippen molar-refractivity contribution >= 4 is 46.8 Å². The average molecular weight is 511 g/mol. The third-order valence-electron chi connectivity index (χ3n) is 5.17. The summed E-state index contributed by atoms with van der Waals surface area (Å²) in [7, 11) is 4.63. The predicted molar refractivity (Wildman–Crippen MR) is 140 cm³/mol. The zero-order chi connectivity index (χ0) is 26.2. The van der Waals surface area contributed by atoms with Crippen LogP contribution < -0.4 is 30.8 Å². The molecule has 0 saturated carbocycles. The molecule has 1 aromatic heterocycles. The van der Waals surface area contributed by atoms with Gasteiger partial charge >= 0.3 is 5.97 Å². The number of benzene rings is 2. The minimum atomic E-state index is -1.08. The van der Waals surface area contributed by atoms with Crippen LogP contribution in [-0.2, 0) is 4.79 Å². The Kier molecular flexibility index (Phi) is 8.47. The number of rotatable bonds is 11. The highest BCUT2D eigenvalue weighted by molar-refractivity contribution is 7.12. The Morgan fingerprint density at radius 3 is 2.44 bits per heavy atom. The monoisotopic (exact) mass is 510 g/mol. The average Bonchev–Trinajstić information content (AvgIpc) is 3.37. The minimum Gasteiger partial charge on any atom is -0.493 e. The van der Waals surface area contributed by atoms with Gasteiger partial charge in [-0.1, -0.05) is 6.07 Å². The van der Waals surface area contributed by atoms with Crippen molar-refractivity contribution in [1.29, 1.82) is 5.41 Å². The number of nitrogen functional groups attached to an aromatic ring is 1. The fourth-order valence-electron chi connectivity index (χ4n) is 3.42. The molecule has 0 aliphatic rings. The van der Waals surface area contributed by atoms with Crippen LogP contribution in [0.15, 0.2) is 59.0 Å². The number of hydrogen-bond acceptors (Lipinski definition) is 9. The lowest BCUT2D eigenvalue weighted by Gasteiger charge is -2.25. The summed E-state index contributed by atoms with van der Waals surface area (Å²) >= 11 is 1.07. The van der Waals surface area contributed by atoms with E-state index in [1.807, 2.05) is 0 Å². The molecule has 36 heavy (non-hydrogen) atoms. The Hall–Kier alpha value is -4.58. The zero-order valence-electron chi connectivity index (χ0n) is 19.8. The number of aromatic carboxylic acids is 1. The van der Waals surface area contributed by atoms with Crippen LogP contribution in [0.2, 0.25) is 0 Å². The summed E-state index contributed by atoms with van der Waals surface area (Å²) in [4.78, 5) is 23.3. The molecule has 12 heteroatoms. The summed E-state index contributed by atoms with van der Waals surface area (Å²) in [5.74, 6) is 0.0483. The van der Waals surface area contributed by atoms with Crippen molar-refractivity contribution in [1.82, 2.24) is 5.32 Å². The maximum Gasteiger partial charge on any atom is 0.348 e. The quantitative estimate of drug-likeness (QED) is 0.114. The largest absolute Gasteiger partial charge is 0.493 e. The van der Waals surface area contributed by atoms with E-state index in [-0.39, 0.29) is 16.5 Å². The van der Waals surface area contributed by atoms with E-state index in [1.165, 1.54) is 19.2 Å². The van der Waals surface area contributed by atoms with Gasteiger partial charge in [-0.3, -0.25) is 15.2 Å². The Morgan fingerprint density at radius 2 is 1.86 bits per heavy atom. The molecule has 1 amide bonds. The molecule has 6 N–H and O–H groups in total. The number of carboxylic acid groups (broad SMARTS) is 1. The van der Waals surface area contributed by atoms with Gasteiger partial charge in [-0.15, -0.1) is 11.3 Å². The number of amides is 1. The number of methoxy groups -OCH3 is 2. The summed E-state index contributed by atoms with van der Waals surface area (Å²) in [6.07, 6.45) is 0.493. The van der Waals surface area contributed by atoms with Gasteiger partial charge in [-0.05, 0) is 53.4 Å². The second-order valence-electron chi connectivity index (χ2n) is 7.39. The van der Waals surface area contributed by atoms with Crippen molar-refractivity contribution in [3.63, 3.8) is 0 Å². The van der Waals surface area contributed by atoms with Crippen LogP contribution in [0.3, 0.4) is 0 Å². The topological polar surface area (TPSA) is 162 Å². The number of thiophene rings is 1. The number of hydrogen-bond donors (Lipinski definition) is 5. The van der Waals surface area contributed by atoms with Crippen LogP contribution in [0.5, 0.6) is 11.5 Å². The molecule has 3 rings (SSSR count). The number of anilines is 2. The van der Waals surface area contributed by atoms with Crippen molar-refractivity contribution in [3.8, 4) is 11.5 Å². The van der Waals surface area contributed by atoms with E-state index in [0.29, 0.717) is 40.4 Å². The lowest BCUT2D eigenvalue weighted by Crippen LogP contribution is -2.35. The highest BCUT2D eigenvalue weighted by atomic mass is 32.1. The highest BCUT2D eigenvalue weighted by Crippen LogP contribution is 2.32. The third kappa shape index (κ3) is 5.91. The van der Waals surface area contributed by atoms with Gasteiger partial charge in [0, 0.05) is 18.3 Å². The van der Waals surface area contributed by atoms with Crippen molar-refractivity contribution in [3.05, 3.63) is 69.9 Å². The first-order valence-electron chi connectivity index (χ1n) is 10.5. The van der Waals surface area contributed by atoms with Gasteiger partial charge < -0.3 is 30.9 Å². The number of nitrogens with one attached hydrogen (secondary N) is 3. The van der Waals surface area contributed by atoms with Crippen LogP contribution in [0.1, 0.15) is 26.8 Å². The highest BCUT2D eigenvalue weighted by Gasteiger charge is 2.23. The van der Waals surface area contributed by atoms with E-state index >= 15 is 0 Å². The fourth-order valence-corrected chi connectivity index (χ4v) is 4.17. The van der Waals surface area contributed by atoms with E-state index in [0.717, 1.165) is 11.3 Å². The predicted octanol–water partition coefficient (Wildman–Crippen LogP) is 3.10. The first-order valence-corrected chi connectivity index (χ1v) is 11.4. The van der Waals surface area contributed by atoms with E-state index in [1.54, 1.807) is 61.0 Å². The van der Waals surface area contributed by atoms with Crippen LogP contribution in [0.25, 0.3) is 0 Å². The van der Waals surface area contributed by atoms with E-state index in [2.05, 4.69) is 15.7 Å². The summed E-state index contributed by atoms with van der Waals surface area (Å²) < 4.78 is 10.8. The van der Waals surface area contributed by atoms with Gasteiger partial charge in [0.15, 0.2) is 17.3 Å². The number of carboxylic acids is 1. The Balaban J connectivity index is 2.10. The molecule has 11 nitrogen and oxygen atoms in total. The molecule has 3 aromatic rings. The molecule has 0 aliphatic carbocycles. The Labute approximate surface area is 211 Å². The van der Waals surface area contributed by atoms with Crippen LogP contribution in [0, 0.1) is 5.41 Å². The van der Waals surface area contributed by atoms with Gasteiger partial charge in [0.2, 0.25) is 6.41 Å². The lowest BCUT2D eigenvalue weighted by molar-refractivity contribution is -0.108. The number of nitrogens with zero attached hydrogens (tertiary/aromatic N) is 2. The Bertz CT molecular complexity index is 1270. The zero-order valence-corrected chi connectivity index (χ0v) is 20.6. The van der Waals surface area contributed by atoms with Crippen molar-refractivity contribution in [2.75, 3.05) is 31.6 Å². The maximum atomic E-state index is 11.6. The van der Waals surface area contributed by atoms with E-state index < -0.39 is 12.0 Å². The van der Waals surface area contributed by atoms with Crippen molar-refractivity contribution in [2.24, 2.45) is 10.8 Å². The molecule has 0 saturated heterocycles. The molecule has 1 atom stereocenters. The smallest absolute Gasteiger partial charge is 0.348 e. The SMILES string of the molecule is COc1ccc(C(Nc2ccc(C(=N)N)cc2)/C(=N/N(C)c2ccsc2C(=O)O)NC=O)cc1OC. The minimum absolute atomic E-state index is 0.0607. The van der Waals surface area contributed by atoms with Gasteiger partial charge in [0.05, 0.1) is 19.9 Å². The van der Waals surface area contributed by atoms with Crippen molar-refractivity contribution < 1.29 is 24.2 Å². The molecule has 1 unspecified atom stereocenters. The number of hydrazone groups is 1. The number of carbonyl (C=O) groups excluding carboxylic acids is 1. The number of amidine groups is 2. The van der Waals surface area contributed by atoms with Crippen LogP contribution >= 0.6 is 11.3 Å². The number of ether oxygens (including phenoxy) is 2. The summed E-state index contributed by atoms with van der Waals surface area (Å²) in [5, 5.41) is 30.6. The van der Waals surface area contributed by atoms with Gasteiger partial charge in [-0.25, -0.2) is 4.79 Å². The normalized spacial score (nSPS) is 11.8. The summed E-state index contributed by atoms with van der Waals surface area (Å²) in [6.45, 7) is 0. The van der Waals surface area contributed by atoms with E-state index in [4.69, 9.17) is 20.6 Å². The molecule has 0 aliphatic heterocycles. The molecule has 0 fully saturated rings. The van der Waals surface area contributed by atoms with Gasteiger partial charge in [-0.2, -0.15) is 5.10 Å². The van der Waals surface area contributed by atoms with E-state index in [9.17, 15) is 14.7 Å². The standard InChI is InChI=1S/C24H26N6O5S/c1-30(17-10-11-36-21(17)24(32)33)29-23(27-13-31)20(15-6-9-18(34-2)19(12-15)35-3)28-16-7-4-14(5-8-16)22(25)26/h4-13,20,28H,1-3H3,(H3,25,26)(H,32,33)(H,27,29,31). The first kappa shape index (κ1) is 26.0. The molecule has 188 valence electrons. The molecule has 1 heterocycles. The number of nitrogens with two attached hydrogens (primary N) is 1. The molecule has 0 spiro atoms. The summed E-state index contributed by atoms with van der Waals surface area (Å²) in [6, 6.07) is 13.1. The Morgan fingerprint density at radius 1 is 1.17 bits per heavy atom. The lowest BCUT2D eigenvalue weighted by atomic mass is 10.0. The first-order chi connectivity index (χ1) is 17.3. The molecule has 0 bridgehead atoms. The third-order valence-corrected chi connectivity index (χ3v) is 6.06. The maximum absolute atomic E-state index is 11.6. The molecular formula is C24H26N6O5S. The van der Waals surface area contributed by atoms with Crippen LogP contribution in [0.4, 0.5) is 11.4 Å². The van der Waals surface area contributed by atoms with Crippen molar-refractivity contribution in [2.45, 2.75) is 6.04 Å². The second kappa shape index (κ2) is 11.7. The fraction of sp³-hybridized carbons (Fsp3) is 0.167. The van der Waals surface area contributed by atoms with Gasteiger partial charge in [0.1, 0.15) is 16.8 Å². The second-order valence-corrected chi connectivity index (χ2v) is 8.31. The number of carbonyl (C=O) groups is 2. The molecular weight excluding hydrogens is 484 g/mol. The molecule has 2 aromatic carbocycles. The van der Waals surface area contributed by atoms with Crippen LogP contribution in [-0.4, -0.2) is 50.4 Å². The molecule has 0 radical (unpaired) electrons. The summed E-state index contributed by atoms with van der Waals surface area (Å²) in [5.41, 5.74) is 7.82.